The first kappa shape index (κ1) is 24.9. The standard InChI is InChI=1S/C24H29Cl2NO4S/c1-6-24(3,4)14-7-9-16-19(11-14)32-22(20(16)23(29)30-5)27-21(28)13(2)31-18-10-8-15(25)12-17(18)26/h8,10,12-14H,6-7,9,11H2,1-5H3,(H,27,28). The molecule has 0 saturated heterocycles. The molecule has 2 unspecified atom stereocenters. The molecule has 1 heterocycles. The van der Waals surface area contributed by atoms with Crippen molar-refractivity contribution < 1.29 is 19.1 Å². The van der Waals surface area contributed by atoms with Crippen LogP contribution in [0.1, 0.15) is 61.3 Å². The fraction of sp³-hybridized carbons (Fsp3) is 0.500. The molecular formula is C24H29Cl2NO4S. The molecule has 1 aromatic carbocycles. The van der Waals surface area contributed by atoms with Gasteiger partial charge < -0.3 is 14.8 Å². The summed E-state index contributed by atoms with van der Waals surface area (Å²) in [5, 5.41) is 4.20. The molecular weight excluding hydrogens is 469 g/mol. The van der Waals surface area contributed by atoms with Crippen molar-refractivity contribution in [2.24, 2.45) is 11.3 Å². The molecule has 5 nitrogen and oxygen atoms in total. The van der Waals surface area contributed by atoms with Gasteiger partial charge in [-0.05, 0) is 61.3 Å². The molecule has 1 amide bonds. The minimum Gasteiger partial charge on any atom is -0.479 e. The molecule has 0 radical (unpaired) electrons. The molecule has 8 heteroatoms. The van der Waals surface area contributed by atoms with Gasteiger partial charge in [0.25, 0.3) is 5.91 Å². The van der Waals surface area contributed by atoms with Crippen molar-refractivity contribution in [3.63, 3.8) is 0 Å². The number of carbonyl (C=O) groups is 2. The summed E-state index contributed by atoms with van der Waals surface area (Å²) in [4.78, 5) is 26.6. The first-order chi connectivity index (χ1) is 15.1. The van der Waals surface area contributed by atoms with E-state index < -0.39 is 12.1 Å². The SMILES string of the molecule is CCC(C)(C)C1CCc2c(sc(NC(=O)C(C)Oc3ccc(Cl)cc3Cl)c2C(=O)OC)C1. The maximum Gasteiger partial charge on any atom is 0.341 e. The number of nitrogens with one attached hydrogen (secondary N) is 1. The van der Waals surface area contributed by atoms with Crippen molar-refractivity contribution in [3.8, 4) is 5.75 Å². The fourth-order valence-corrected chi connectivity index (χ4v) is 5.75. The highest BCUT2D eigenvalue weighted by atomic mass is 35.5. The van der Waals surface area contributed by atoms with Crippen LogP contribution in [-0.2, 0) is 22.4 Å². The van der Waals surface area contributed by atoms with Crippen molar-refractivity contribution >= 4 is 51.4 Å². The molecule has 174 valence electrons. The average Bonchev–Trinajstić information content (AvgIpc) is 3.11. The molecule has 2 atom stereocenters. The van der Waals surface area contributed by atoms with Gasteiger partial charge in [0.1, 0.15) is 10.8 Å². The van der Waals surface area contributed by atoms with Gasteiger partial charge in [-0.2, -0.15) is 0 Å². The third kappa shape index (κ3) is 5.24. The number of carbonyl (C=O) groups excluding carboxylic acids is 2. The van der Waals surface area contributed by atoms with E-state index >= 15 is 0 Å². The minimum atomic E-state index is -0.829. The van der Waals surface area contributed by atoms with Gasteiger partial charge >= 0.3 is 5.97 Å². The van der Waals surface area contributed by atoms with Gasteiger partial charge in [-0.25, -0.2) is 4.79 Å². The van der Waals surface area contributed by atoms with Crippen molar-refractivity contribution in [3.05, 3.63) is 44.2 Å². The predicted molar refractivity (Wildman–Crippen MR) is 130 cm³/mol. The minimum absolute atomic E-state index is 0.219. The van der Waals surface area contributed by atoms with Crippen LogP contribution >= 0.6 is 34.5 Å². The Hall–Kier alpha value is -1.76. The second-order valence-electron chi connectivity index (χ2n) is 8.81. The van der Waals surface area contributed by atoms with Gasteiger partial charge in [0.2, 0.25) is 0 Å². The largest absolute Gasteiger partial charge is 0.479 e. The predicted octanol–water partition coefficient (Wildman–Crippen LogP) is 6.79. The van der Waals surface area contributed by atoms with Gasteiger partial charge in [0, 0.05) is 9.90 Å². The maximum absolute atomic E-state index is 12.9. The van der Waals surface area contributed by atoms with E-state index in [0.717, 1.165) is 36.1 Å². The summed E-state index contributed by atoms with van der Waals surface area (Å²) in [5.41, 5.74) is 1.68. The Morgan fingerprint density at radius 1 is 1.31 bits per heavy atom. The topological polar surface area (TPSA) is 64.6 Å². The first-order valence-corrected chi connectivity index (χ1v) is 12.3. The van der Waals surface area contributed by atoms with Gasteiger partial charge in [-0.15, -0.1) is 11.3 Å². The number of hydrogen-bond acceptors (Lipinski definition) is 5. The first-order valence-electron chi connectivity index (χ1n) is 10.7. The van der Waals surface area contributed by atoms with E-state index in [0.29, 0.717) is 32.3 Å². The maximum atomic E-state index is 12.9. The molecule has 1 aliphatic carbocycles. The van der Waals surface area contributed by atoms with Crippen LogP contribution in [0.2, 0.25) is 10.0 Å². The summed E-state index contributed by atoms with van der Waals surface area (Å²) < 4.78 is 10.8. The number of esters is 1. The third-order valence-electron chi connectivity index (χ3n) is 6.47. The molecule has 0 bridgehead atoms. The molecule has 0 aliphatic heterocycles. The Labute approximate surface area is 203 Å². The Balaban J connectivity index is 1.82. The number of methoxy groups -OCH3 is 1. The number of fused-ring (bicyclic) bond motifs is 1. The Kier molecular flexibility index (Phi) is 7.79. The number of hydrogen-bond donors (Lipinski definition) is 1. The summed E-state index contributed by atoms with van der Waals surface area (Å²) in [6.45, 7) is 8.43. The molecule has 0 spiro atoms. The smallest absolute Gasteiger partial charge is 0.341 e. The second kappa shape index (κ2) is 10.0. The molecule has 0 saturated carbocycles. The lowest BCUT2D eigenvalue weighted by molar-refractivity contribution is -0.122. The van der Waals surface area contributed by atoms with E-state index in [1.165, 1.54) is 18.4 Å². The number of benzene rings is 1. The molecule has 32 heavy (non-hydrogen) atoms. The Bertz CT molecular complexity index is 1020. The second-order valence-corrected chi connectivity index (χ2v) is 10.8. The number of halogens is 2. The van der Waals surface area contributed by atoms with Crippen LogP contribution in [0.25, 0.3) is 0 Å². The van der Waals surface area contributed by atoms with E-state index in [1.807, 2.05) is 0 Å². The molecule has 1 N–H and O–H groups in total. The van der Waals surface area contributed by atoms with Crippen LogP contribution < -0.4 is 10.1 Å². The molecule has 1 aromatic heterocycles. The van der Waals surface area contributed by atoms with Gasteiger partial charge in [0.15, 0.2) is 6.10 Å². The van der Waals surface area contributed by atoms with Gasteiger partial charge in [-0.1, -0.05) is 50.4 Å². The van der Waals surface area contributed by atoms with Crippen molar-refractivity contribution in [1.29, 1.82) is 0 Å². The normalized spacial score (nSPS) is 16.8. The highest BCUT2D eigenvalue weighted by Gasteiger charge is 2.36. The van der Waals surface area contributed by atoms with Crippen LogP contribution in [0, 0.1) is 11.3 Å². The fourth-order valence-electron chi connectivity index (χ4n) is 3.98. The van der Waals surface area contributed by atoms with Crippen molar-refractivity contribution in [2.75, 3.05) is 12.4 Å². The summed E-state index contributed by atoms with van der Waals surface area (Å²) in [6.07, 6.45) is 2.97. The molecule has 2 aromatic rings. The Morgan fingerprint density at radius 2 is 2.03 bits per heavy atom. The highest BCUT2D eigenvalue weighted by Crippen LogP contribution is 2.45. The lowest BCUT2D eigenvalue weighted by Gasteiger charge is -2.36. The zero-order valence-corrected chi connectivity index (χ0v) is 21.3. The number of thiophene rings is 1. The molecule has 3 rings (SSSR count). The number of ether oxygens (including phenoxy) is 2. The van der Waals surface area contributed by atoms with Crippen LogP contribution in [0.5, 0.6) is 5.75 Å². The van der Waals surface area contributed by atoms with Crippen LogP contribution in [0.4, 0.5) is 5.00 Å². The monoisotopic (exact) mass is 497 g/mol. The van der Waals surface area contributed by atoms with Crippen molar-refractivity contribution in [1.82, 2.24) is 0 Å². The zero-order valence-electron chi connectivity index (χ0n) is 19.0. The van der Waals surface area contributed by atoms with E-state index in [2.05, 4.69) is 26.1 Å². The van der Waals surface area contributed by atoms with Crippen LogP contribution in [-0.4, -0.2) is 25.1 Å². The van der Waals surface area contributed by atoms with E-state index in [-0.39, 0.29) is 11.3 Å². The summed E-state index contributed by atoms with van der Waals surface area (Å²) >= 11 is 13.5. The van der Waals surface area contributed by atoms with E-state index in [4.69, 9.17) is 32.7 Å². The lowest BCUT2D eigenvalue weighted by atomic mass is 9.69. The molecule has 0 fully saturated rings. The lowest BCUT2D eigenvalue weighted by Crippen LogP contribution is -2.30. The number of anilines is 1. The average molecular weight is 498 g/mol. The van der Waals surface area contributed by atoms with E-state index in [9.17, 15) is 9.59 Å². The highest BCUT2D eigenvalue weighted by molar-refractivity contribution is 7.17. The van der Waals surface area contributed by atoms with Gasteiger partial charge in [0.05, 0.1) is 17.7 Å². The van der Waals surface area contributed by atoms with Crippen LogP contribution in [0.3, 0.4) is 0 Å². The summed E-state index contributed by atoms with van der Waals surface area (Å²) in [7, 11) is 1.36. The van der Waals surface area contributed by atoms with Gasteiger partial charge in [-0.3, -0.25) is 4.79 Å². The van der Waals surface area contributed by atoms with E-state index in [1.54, 1.807) is 25.1 Å². The quantitative estimate of drug-likeness (QED) is 0.427. The Morgan fingerprint density at radius 3 is 2.66 bits per heavy atom. The number of rotatable bonds is 7. The van der Waals surface area contributed by atoms with Crippen molar-refractivity contribution in [2.45, 2.75) is 59.5 Å². The molecule has 1 aliphatic rings. The van der Waals surface area contributed by atoms with Crippen LogP contribution in [0.15, 0.2) is 18.2 Å². The summed E-state index contributed by atoms with van der Waals surface area (Å²) in [5.74, 6) is 0.0922. The number of amides is 1. The zero-order chi connectivity index (χ0) is 23.6. The third-order valence-corrected chi connectivity index (χ3v) is 8.18. The summed E-state index contributed by atoms with van der Waals surface area (Å²) in [6, 6.07) is 4.82.